The normalized spacial score (nSPS) is 15.3. The van der Waals surface area contributed by atoms with E-state index in [0.717, 1.165) is 19.8 Å². The molecule has 2 aromatic rings. The Morgan fingerprint density at radius 1 is 1.37 bits per heavy atom. The summed E-state index contributed by atoms with van der Waals surface area (Å²) in [4.78, 5) is 12.0. The lowest BCUT2D eigenvalue weighted by molar-refractivity contribution is -0.384. The largest absolute Gasteiger partial charge is 0.369 e. The molecule has 1 aromatic carbocycles. The van der Waals surface area contributed by atoms with Crippen LogP contribution in [0.5, 0.6) is 0 Å². The molecule has 0 aliphatic carbocycles. The van der Waals surface area contributed by atoms with Gasteiger partial charge in [-0.25, -0.2) is 0 Å². The number of nitro groups is 1. The molecule has 0 unspecified atom stereocenters. The molecule has 0 amide bonds. The smallest absolute Gasteiger partial charge is 0.292 e. The van der Waals surface area contributed by atoms with Gasteiger partial charge in [-0.05, 0) is 13.8 Å². The number of hydrogen-bond donors (Lipinski definition) is 1. The first-order valence-electron chi connectivity index (χ1n) is 5.61. The van der Waals surface area contributed by atoms with E-state index in [9.17, 15) is 10.1 Å². The Morgan fingerprint density at radius 3 is 2.79 bits per heavy atom. The van der Waals surface area contributed by atoms with Gasteiger partial charge in [0, 0.05) is 17.2 Å². The van der Waals surface area contributed by atoms with Crippen molar-refractivity contribution in [2.24, 2.45) is 0 Å². The van der Waals surface area contributed by atoms with E-state index < -0.39 is 0 Å². The summed E-state index contributed by atoms with van der Waals surface area (Å²) in [7, 11) is 3.19. The van der Waals surface area contributed by atoms with Crippen LogP contribution in [0.25, 0.3) is 11.1 Å². The number of para-hydroxylation sites is 1. The third-order valence-corrected chi connectivity index (χ3v) is 6.49. The van der Waals surface area contributed by atoms with Crippen LogP contribution in [0, 0.1) is 13.9 Å². The summed E-state index contributed by atoms with van der Waals surface area (Å²) in [5, 5.41) is 14.4. The summed E-state index contributed by atoms with van der Waals surface area (Å²) < 4.78 is 0.802. The van der Waals surface area contributed by atoms with Gasteiger partial charge in [0.05, 0.1) is 15.3 Å². The Labute approximate surface area is 122 Å². The number of rotatable bonds is 1. The molecular weight excluding hydrogens is 300 g/mol. The van der Waals surface area contributed by atoms with Gasteiger partial charge in [0.25, 0.3) is 5.69 Å². The van der Waals surface area contributed by atoms with E-state index >= 15 is 0 Å². The van der Waals surface area contributed by atoms with Crippen molar-refractivity contribution in [3.8, 4) is 11.1 Å². The maximum atomic E-state index is 11.2. The van der Waals surface area contributed by atoms with Crippen molar-refractivity contribution in [3.05, 3.63) is 37.0 Å². The van der Waals surface area contributed by atoms with Crippen molar-refractivity contribution in [1.82, 2.24) is 0 Å². The molecule has 98 valence electrons. The molecule has 19 heavy (non-hydrogen) atoms. The fourth-order valence-electron chi connectivity index (χ4n) is 2.31. The van der Waals surface area contributed by atoms with E-state index in [1.807, 2.05) is 19.9 Å². The number of nitrogens with one attached hydrogen (secondary N) is 1. The Balaban J connectivity index is 2.40. The zero-order valence-electron chi connectivity index (χ0n) is 10.2. The number of benzene rings is 1. The molecule has 7 heteroatoms. The van der Waals surface area contributed by atoms with E-state index in [4.69, 9.17) is 12.2 Å². The Hall–Kier alpha value is -1.31. The van der Waals surface area contributed by atoms with Crippen LogP contribution in [0.15, 0.2) is 18.2 Å². The van der Waals surface area contributed by atoms with E-state index in [-0.39, 0.29) is 16.1 Å². The van der Waals surface area contributed by atoms with Crippen molar-refractivity contribution in [3.63, 3.8) is 0 Å². The third-order valence-electron chi connectivity index (χ3n) is 3.15. The first-order chi connectivity index (χ1) is 8.92. The third kappa shape index (κ3) is 1.80. The second kappa shape index (κ2) is 4.09. The molecule has 0 radical (unpaired) electrons. The minimum Gasteiger partial charge on any atom is -0.369 e. The number of anilines is 1. The average molecular weight is 310 g/mol. The summed E-state index contributed by atoms with van der Waals surface area (Å²) in [5.74, 6) is 0. The van der Waals surface area contributed by atoms with Crippen molar-refractivity contribution in [2.75, 3.05) is 5.32 Å². The lowest BCUT2D eigenvalue weighted by Gasteiger charge is -2.32. The van der Waals surface area contributed by atoms with Gasteiger partial charge in [-0.1, -0.05) is 45.0 Å². The lowest BCUT2D eigenvalue weighted by atomic mass is 9.89. The topological polar surface area (TPSA) is 55.2 Å². The van der Waals surface area contributed by atoms with Crippen molar-refractivity contribution in [1.29, 1.82) is 0 Å². The van der Waals surface area contributed by atoms with Crippen LogP contribution in [-0.2, 0) is 5.54 Å². The zero-order chi connectivity index (χ0) is 13.8. The quantitative estimate of drug-likeness (QED) is 0.356. The van der Waals surface area contributed by atoms with E-state index in [2.05, 4.69) is 5.32 Å². The number of fused-ring (bicyclic) bond motifs is 3. The molecule has 2 heterocycles. The molecular formula is C12H10N2O2S3. The van der Waals surface area contributed by atoms with Crippen LogP contribution in [0.1, 0.15) is 18.7 Å². The summed E-state index contributed by atoms with van der Waals surface area (Å²) in [6, 6.07) is 5.11. The summed E-state index contributed by atoms with van der Waals surface area (Å²) in [5.41, 5.74) is 2.15. The zero-order valence-corrected chi connectivity index (χ0v) is 12.7. The number of nitrogens with zero attached hydrogens (tertiary/aromatic N) is 1. The molecule has 0 bridgehead atoms. The first-order valence-corrected chi connectivity index (χ1v) is 8.17. The molecule has 4 nitrogen and oxygen atoms in total. The van der Waals surface area contributed by atoms with Gasteiger partial charge >= 0.3 is 0 Å². The highest BCUT2D eigenvalue weighted by Crippen LogP contribution is 2.50. The van der Waals surface area contributed by atoms with Gasteiger partial charge in [0.2, 0.25) is 0 Å². The highest BCUT2D eigenvalue weighted by Gasteiger charge is 2.36. The fraction of sp³-hybridized carbons (Fsp3) is 0.250. The monoisotopic (exact) mass is 310 g/mol. The Bertz CT molecular complexity index is 746. The average Bonchev–Trinajstić information content (AvgIpc) is 2.71. The minimum absolute atomic E-state index is 0.0989. The van der Waals surface area contributed by atoms with Gasteiger partial charge in [0.15, 0.2) is 0 Å². The predicted molar refractivity (Wildman–Crippen MR) is 81.8 cm³/mol. The van der Waals surface area contributed by atoms with Crippen LogP contribution in [0.3, 0.4) is 0 Å². The minimum atomic E-state index is -0.355. The molecule has 1 aromatic heterocycles. The molecule has 3 rings (SSSR count). The van der Waals surface area contributed by atoms with Crippen molar-refractivity contribution >= 4 is 44.3 Å². The van der Waals surface area contributed by atoms with E-state index in [1.54, 1.807) is 26.7 Å². The van der Waals surface area contributed by atoms with Gasteiger partial charge in [-0.15, -0.1) is 0 Å². The molecule has 0 saturated heterocycles. The molecule has 0 atom stereocenters. The highest BCUT2D eigenvalue weighted by atomic mass is 32.9. The lowest BCUT2D eigenvalue weighted by Crippen LogP contribution is -2.31. The second-order valence-electron chi connectivity index (χ2n) is 4.87. The molecule has 0 saturated carbocycles. The Morgan fingerprint density at radius 2 is 2.11 bits per heavy atom. The molecule has 0 spiro atoms. The summed E-state index contributed by atoms with van der Waals surface area (Å²) in [6.07, 6.45) is 0. The number of nitro benzene ring substituents is 1. The Kier molecular flexibility index (Phi) is 2.74. The maximum Gasteiger partial charge on any atom is 0.292 e. The summed E-state index contributed by atoms with van der Waals surface area (Å²) >= 11 is 5.39. The molecule has 1 N–H and O–H groups in total. The van der Waals surface area contributed by atoms with Crippen LogP contribution in [0.4, 0.5) is 11.4 Å². The van der Waals surface area contributed by atoms with E-state index in [0.29, 0.717) is 5.69 Å². The van der Waals surface area contributed by atoms with Gasteiger partial charge in [-0.2, -0.15) is 0 Å². The van der Waals surface area contributed by atoms with Crippen LogP contribution in [-0.4, -0.2) is 4.92 Å². The van der Waals surface area contributed by atoms with Crippen LogP contribution < -0.4 is 5.32 Å². The van der Waals surface area contributed by atoms with Crippen LogP contribution in [0.2, 0.25) is 0 Å². The number of hydrogen-bond acceptors (Lipinski definition) is 6. The standard InChI is InChI=1S/C12H10N2O2S3/c1-12(2)10-8(11(17)19-18-10)6-4-3-5-7(14(15)16)9(6)13-12/h3-5,13H,1-2H3. The highest BCUT2D eigenvalue weighted by molar-refractivity contribution is 7.80. The summed E-state index contributed by atoms with van der Waals surface area (Å²) in [6.45, 7) is 4.03. The second-order valence-corrected chi connectivity index (χ2v) is 7.68. The SMILES string of the molecule is CC1(C)Nc2c(cccc2[N+](=O)[O-])-c2c1ssc2=S. The van der Waals surface area contributed by atoms with E-state index in [1.165, 1.54) is 6.07 Å². The molecule has 0 fully saturated rings. The van der Waals surface area contributed by atoms with Gasteiger partial charge in [0.1, 0.15) is 9.51 Å². The van der Waals surface area contributed by atoms with Gasteiger partial charge < -0.3 is 5.32 Å². The maximum absolute atomic E-state index is 11.2. The van der Waals surface area contributed by atoms with Crippen molar-refractivity contribution < 1.29 is 4.92 Å². The fourth-order valence-corrected chi connectivity index (χ4v) is 5.56. The van der Waals surface area contributed by atoms with Crippen LogP contribution >= 0.6 is 32.9 Å². The molecule has 1 aliphatic heterocycles. The van der Waals surface area contributed by atoms with Gasteiger partial charge in [-0.3, -0.25) is 10.1 Å². The van der Waals surface area contributed by atoms with Crippen molar-refractivity contribution in [2.45, 2.75) is 19.4 Å². The molecule has 1 aliphatic rings. The predicted octanol–water partition coefficient (Wildman–Crippen LogP) is 4.77. The first kappa shape index (κ1) is 12.7.